The van der Waals surface area contributed by atoms with Gasteiger partial charge in [-0.2, -0.15) is 0 Å². The van der Waals surface area contributed by atoms with Crippen LogP contribution in [0.1, 0.15) is 55.1 Å². The van der Waals surface area contributed by atoms with E-state index in [1.54, 1.807) is 31.4 Å². The number of benzene rings is 2. The van der Waals surface area contributed by atoms with E-state index in [0.29, 0.717) is 23.5 Å². The van der Waals surface area contributed by atoms with Crippen molar-refractivity contribution in [3.8, 4) is 23.0 Å². The summed E-state index contributed by atoms with van der Waals surface area (Å²) < 4.78 is 31.8. The molecule has 0 aliphatic carbocycles. The number of phenols is 1. The zero-order chi connectivity index (χ0) is 28.6. The summed E-state index contributed by atoms with van der Waals surface area (Å²) in [6, 6.07) is 8.77. The third-order valence-electron chi connectivity index (χ3n) is 5.64. The predicted molar refractivity (Wildman–Crippen MR) is 152 cm³/mol. The van der Waals surface area contributed by atoms with Crippen molar-refractivity contribution in [1.29, 1.82) is 0 Å². The first-order valence-electron chi connectivity index (χ1n) is 12.7. The minimum Gasteiger partial charge on any atom is -0.507 e. The maximum absolute atomic E-state index is 13.4. The number of ether oxygens (including phenoxy) is 6. The van der Waals surface area contributed by atoms with E-state index in [2.05, 4.69) is 19.9 Å². The van der Waals surface area contributed by atoms with Crippen LogP contribution in [-0.4, -0.2) is 52.6 Å². The van der Waals surface area contributed by atoms with E-state index in [1.807, 2.05) is 25.1 Å². The van der Waals surface area contributed by atoms with Crippen LogP contribution in [0.5, 0.6) is 23.0 Å². The fraction of sp³-hybridized carbons (Fsp3) is 0.387. The van der Waals surface area contributed by atoms with Crippen LogP contribution in [0.4, 0.5) is 0 Å². The van der Waals surface area contributed by atoms with Gasteiger partial charge in [0.1, 0.15) is 28.6 Å². The summed E-state index contributed by atoms with van der Waals surface area (Å²) in [6.07, 6.45) is 9.45. The molecular formula is C31H40O8. The van der Waals surface area contributed by atoms with Crippen LogP contribution >= 0.6 is 0 Å². The summed E-state index contributed by atoms with van der Waals surface area (Å²) in [4.78, 5) is 13.4. The molecule has 0 saturated carbocycles. The normalized spacial score (nSPS) is 11.5. The van der Waals surface area contributed by atoms with Crippen LogP contribution in [0.3, 0.4) is 0 Å². The highest BCUT2D eigenvalue weighted by molar-refractivity contribution is 6.11. The highest BCUT2D eigenvalue weighted by Crippen LogP contribution is 2.40. The first-order chi connectivity index (χ1) is 18.8. The summed E-state index contributed by atoms with van der Waals surface area (Å²) in [5.74, 6) is 0.518. The van der Waals surface area contributed by atoms with Crippen molar-refractivity contribution < 1.29 is 38.3 Å². The molecular weight excluding hydrogens is 500 g/mol. The van der Waals surface area contributed by atoms with Crippen molar-refractivity contribution in [1.82, 2.24) is 0 Å². The number of rotatable bonds is 17. The van der Waals surface area contributed by atoms with Crippen molar-refractivity contribution in [2.45, 2.75) is 40.0 Å². The smallest absolute Gasteiger partial charge is 0.193 e. The lowest BCUT2D eigenvalue weighted by molar-refractivity contribution is 0.0449. The minimum atomic E-state index is -0.429. The first kappa shape index (κ1) is 31.6. The van der Waals surface area contributed by atoms with Crippen LogP contribution in [0, 0.1) is 0 Å². The highest BCUT2D eigenvalue weighted by atomic mass is 16.7. The average Bonchev–Trinajstić information content (AvgIpc) is 2.92. The number of hydrogen-bond acceptors (Lipinski definition) is 8. The number of carbonyl (C=O) groups is 1. The summed E-state index contributed by atoms with van der Waals surface area (Å²) in [5, 5.41) is 11.3. The highest BCUT2D eigenvalue weighted by Gasteiger charge is 2.23. The SMILES string of the molecule is COCOc1ccc(/C=C/C(=O)c2c(OCOC)cc(OCOC)c(C/C=C(\C)CCC=C(C)C)c2O)cc1. The van der Waals surface area contributed by atoms with Gasteiger partial charge in [0.05, 0.1) is 0 Å². The van der Waals surface area contributed by atoms with E-state index < -0.39 is 5.78 Å². The fourth-order valence-corrected chi connectivity index (χ4v) is 3.61. The van der Waals surface area contributed by atoms with Crippen molar-refractivity contribution >= 4 is 11.9 Å². The second-order valence-electron chi connectivity index (χ2n) is 9.07. The summed E-state index contributed by atoms with van der Waals surface area (Å²) in [7, 11) is 4.53. The van der Waals surface area contributed by atoms with Crippen LogP contribution in [0.25, 0.3) is 6.08 Å². The van der Waals surface area contributed by atoms with Crippen molar-refractivity contribution in [3.05, 3.63) is 76.4 Å². The van der Waals surface area contributed by atoms with Gasteiger partial charge >= 0.3 is 0 Å². The Kier molecular flexibility index (Phi) is 13.9. The van der Waals surface area contributed by atoms with Gasteiger partial charge in [0, 0.05) is 33.0 Å². The van der Waals surface area contributed by atoms with Gasteiger partial charge < -0.3 is 33.5 Å². The molecule has 0 saturated heterocycles. The zero-order valence-corrected chi connectivity index (χ0v) is 23.7. The predicted octanol–water partition coefficient (Wildman–Crippen LogP) is 6.47. The van der Waals surface area contributed by atoms with E-state index in [-0.39, 0.29) is 37.4 Å². The number of hydrogen-bond donors (Lipinski definition) is 1. The maximum Gasteiger partial charge on any atom is 0.193 e. The molecule has 1 N–H and O–H groups in total. The van der Waals surface area contributed by atoms with E-state index in [4.69, 9.17) is 28.4 Å². The van der Waals surface area contributed by atoms with Gasteiger partial charge in [0.2, 0.25) is 0 Å². The standard InChI is InChI=1S/C31H40O8/c1-22(2)8-7-9-23(3)10-16-26-28(38-20-35-5)18-29(39-21-36-6)30(31(26)33)27(32)17-13-24-11-14-25(15-12-24)37-19-34-4/h8,10-15,17-18,33H,7,9,16,19-21H2,1-6H3/b17-13+,23-10+. The summed E-state index contributed by atoms with van der Waals surface area (Å²) >= 11 is 0. The molecule has 0 radical (unpaired) electrons. The third kappa shape index (κ3) is 10.6. The van der Waals surface area contributed by atoms with Crippen molar-refractivity contribution in [2.24, 2.45) is 0 Å². The van der Waals surface area contributed by atoms with E-state index in [9.17, 15) is 9.90 Å². The molecule has 0 heterocycles. The average molecular weight is 541 g/mol. The molecule has 0 aliphatic rings. The Morgan fingerprint density at radius 3 is 2.08 bits per heavy atom. The molecule has 0 aliphatic heterocycles. The lowest BCUT2D eigenvalue weighted by Gasteiger charge is -2.18. The molecule has 8 heteroatoms. The Balaban J connectivity index is 2.42. The second-order valence-corrected chi connectivity index (χ2v) is 9.07. The van der Waals surface area contributed by atoms with E-state index in [0.717, 1.165) is 24.0 Å². The lowest BCUT2D eigenvalue weighted by Crippen LogP contribution is -2.09. The number of ketones is 1. The Morgan fingerprint density at radius 1 is 0.846 bits per heavy atom. The molecule has 0 atom stereocenters. The molecule has 0 bridgehead atoms. The third-order valence-corrected chi connectivity index (χ3v) is 5.64. The molecule has 2 aromatic carbocycles. The number of allylic oxidation sites excluding steroid dienone is 5. The quantitative estimate of drug-likeness (QED) is 0.106. The zero-order valence-electron chi connectivity index (χ0n) is 23.7. The van der Waals surface area contributed by atoms with Gasteiger partial charge in [0.25, 0.3) is 0 Å². The molecule has 39 heavy (non-hydrogen) atoms. The molecule has 0 amide bonds. The monoisotopic (exact) mass is 540 g/mol. The lowest BCUT2D eigenvalue weighted by atomic mass is 9.98. The summed E-state index contributed by atoms with van der Waals surface area (Å²) in [5.41, 5.74) is 3.71. The number of carbonyl (C=O) groups excluding carboxylic acids is 1. The van der Waals surface area contributed by atoms with Crippen LogP contribution < -0.4 is 14.2 Å². The van der Waals surface area contributed by atoms with Gasteiger partial charge in [0.15, 0.2) is 26.2 Å². The molecule has 212 valence electrons. The number of aromatic hydroxyl groups is 1. The largest absolute Gasteiger partial charge is 0.507 e. The molecule has 2 rings (SSSR count). The van der Waals surface area contributed by atoms with Crippen molar-refractivity contribution in [2.75, 3.05) is 41.7 Å². The van der Waals surface area contributed by atoms with Gasteiger partial charge in [-0.3, -0.25) is 4.79 Å². The maximum atomic E-state index is 13.4. The molecule has 2 aromatic rings. The minimum absolute atomic E-state index is 0.0266. The van der Waals surface area contributed by atoms with Crippen LogP contribution in [-0.2, 0) is 20.6 Å². The van der Waals surface area contributed by atoms with E-state index in [1.165, 1.54) is 25.9 Å². The van der Waals surface area contributed by atoms with E-state index >= 15 is 0 Å². The Hall–Kier alpha value is -3.59. The number of methoxy groups -OCH3 is 3. The topological polar surface area (TPSA) is 92.7 Å². The Labute approximate surface area is 231 Å². The molecule has 0 unspecified atom stereocenters. The molecule has 0 fully saturated rings. The van der Waals surface area contributed by atoms with Crippen LogP contribution in [0.15, 0.2) is 59.7 Å². The van der Waals surface area contributed by atoms with Gasteiger partial charge in [-0.05, 0) is 63.8 Å². The number of phenolic OH excluding ortho intramolecular Hbond substituents is 1. The summed E-state index contributed by atoms with van der Waals surface area (Å²) in [6.45, 7) is 6.19. The van der Waals surface area contributed by atoms with Crippen molar-refractivity contribution in [3.63, 3.8) is 0 Å². The fourth-order valence-electron chi connectivity index (χ4n) is 3.61. The van der Waals surface area contributed by atoms with Gasteiger partial charge in [-0.15, -0.1) is 0 Å². The Bertz CT molecular complexity index is 1140. The van der Waals surface area contributed by atoms with Gasteiger partial charge in [-0.1, -0.05) is 41.5 Å². The molecule has 0 spiro atoms. The molecule has 0 aromatic heterocycles. The van der Waals surface area contributed by atoms with Crippen LogP contribution in [0.2, 0.25) is 0 Å². The second kappa shape index (κ2) is 17.1. The first-order valence-corrected chi connectivity index (χ1v) is 12.7. The molecule has 8 nitrogen and oxygen atoms in total. The van der Waals surface area contributed by atoms with Gasteiger partial charge in [-0.25, -0.2) is 0 Å². The Morgan fingerprint density at radius 2 is 1.46 bits per heavy atom.